The number of aryl methyl sites for hydroxylation is 1. The molecule has 2 aromatic carbocycles. The molecule has 0 radical (unpaired) electrons. The summed E-state index contributed by atoms with van der Waals surface area (Å²) in [5, 5.41) is 16.7. The maximum atomic E-state index is 12.4. The van der Waals surface area contributed by atoms with Gasteiger partial charge in [0, 0.05) is 11.8 Å². The number of anilines is 2. The van der Waals surface area contributed by atoms with Gasteiger partial charge >= 0.3 is 6.03 Å². The molecule has 0 saturated carbocycles. The van der Waals surface area contributed by atoms with Gasteiger partial charge in [-0.1, -0.05) is 17.4 Å². The minimum absolute atomic E-state index is 0.120. The number of urea groups is 1. The Labute approximate surface area is 181 Å². The molecule has 31 heavy (non-hydrogen) atoms. The van der Waals surface area contributed by atoms with E-state index in [2.05, 4.69) is 26.1 Å². The van der Waals surface area contributed by atoms with Crippen molar-refractivity contribution < 1.29 is 23.8 Å². The second-order valence-electron chi connectivity index (χ2n) is 6.53. The van der Waals surface area contributed by atoms with E-state index < -0.39 is 11.9 Å². The van der Waals surface area contributed by atoms with Gasteiger partial charge in [-0.3, -0.25) is 4.79 Å². The Morgan fingerprint density at radius 1 is 1.10 bits per heavy atom. The summed E-state index contributed by atoms with van der Waals surface area (Å²) in [6, 6.07) is 10.1. The monoisotopic (exact) mass is 441 g/mol. The third-order valence-corrected chi connectivity index (χ3v) is 5.22. The average molecular weight is 441 g/mol. The van der Waals surface area contributed by atoms with E-state index in [0.717, 1.165) is 16.9 Å². The summed E-state index contributed by atoms with van der Waals surface area (Å²) in [6.07, 6.45) is 0. The molecule has 3 amide bonds. The maximum Gasteiger partial charge on any atom is 0.319 e. The van der Waals surface area contributed by atoms with E-state index in [1.54, 1.807) is 24.3 Å². The van der Waals surface area contributed by atoms with Crippen LogP contribution in [0.1, 0.15) is 20.4 Å². The van der Waals surface area contributed by atoms with E-state index in [4.69, 9.17) is 14.2 Å². The first-order valence-corrected chi connectivity index (χ1v) is 10.1. The highest BCUT2D eigenvalue weighted by Crippen LogP contribution is 2.34. The molecule has 0 atom stereocenters. The van der Waals surface area contributed by atoms with Crippen molar-refractivity contribution in [1.29, 1.82) is 0 Å². The first kappa shape index (κ1) is 20.4. The van der Waals surface area contributed by atoms with Crippen molar-refractivity contribution >= 4 is 34.6 Å². The average Bonchev–Trinajstić information content (AvgIpc) is 3.41. The van der Waals surface area contributed by atoms with Crippen molar-refractivity contribution in [2.24, 2.45) is 0 Å². The number of carbonyl (C=O) groups excluding carboxylic acids is 2. The van der Waals surface area contributed by atoms with Crippen molar-refractivity contribution in [3.8, 4) is 17.2 Å². The van der Waals surface area contributed by atoms with Crippen LogP contribution in [0.15, 0.2) is 36.4 Å². The summed E-state index contributed by atoms with van der Waals surface area (Å²) in [4.78, 5) is 24.6. The lowest BCUT2D eigenvalue weighted by Crippen LogP contribution is -2.28. The quantitative estimate of drug-likeness (QED) is 0.537. The normalized spacial score (nSPS) is 11.7. The molecule has 0 aliphatic carbocycles. The number of aromatic nitrogens is 2. The van der Waals surface area contributed by atoms with Crippen LogP contribution < -0.4 is 30.2 Å². The van der Waals surface area contributed by atoms with Gasteiger partial charge in [-0.2, -0.15) is 0 Å². The minimum atomic E-state index is -0.425. The predicted octanol–water partition coefficient (Wildman–Crippen LogP) is 3.16. The Bertz CT molecular complexity index is 1130. The number of fused-ring (bicyclic) bond motifs is 1. The van der Waals surface area contributed by atoms with Gasteiger partial charge in [0.25, 0.3) is 5.91 Å². The highest BCUT2D eigenvalue weighted by atomic mass is 32.1. The van der Waals surface area contributed by atoms with E-state index in [9.17, 15) is 9.59 Å². The van der Waals surface area contributed by atoms with E-state index in [1.165, 1.54) is 7.11 Å². The van der Waals surface area contributed by atoms with Gasteiger partial charge < -0.3 is 30.2 Å². The van der Waals surface area contributed by atoms with Gasteiger partial charge in [0.15, 0.2) is 11.5 Å². The fourth-order valence-corrected chi connectivity index (χ4v) is 3.49. The molecule has 160 valence electrons. The molecule has 0 saturated heterocycles. The number of nitrogens with one attached hydrogen (secondary N) is 3. The fraction of sp³-hybridized carbons (Fsp3) is 0.200. The van der Waals surface area contributed by atoms with E-state index in [1.807, 2.05) is 19.1 Å². The lowest BCUT2D eigenvalue weighted by atomic mass is 10.2. The SMILES string of the molecule is COc1ccc(C)cc1NC(=O)NCc1nnc(C(=O)Nc2ccc3c(c2)OCO3)s1. The molecule has 1 aliphatic heterocycles. The molecular formula is C20H19N5O5S. The van der Waals surface area contributed by atoms with Gasteiger partial charge in [0.2, 0.25) is 11.8 Å². The van der Waals surface area contributed by atoms with Crippen molar-refractivity contribution in [2.75, 3.05) is 24.5 Å². The van der Waals surface area contributed by atoms with E-state index in [0.29, 0.717) is 33.6 Å². The van der Waals surface area contributed by atoms with Crippen molar-refractivity contribution in [1.82, 2.24) is 15.5 Å². The van der Waals surface area contributed by atoms with Crippen LogP contribution in [-0.2, 0) is 6.54 Å². The third-order valence-electron chi connectivity index (χ3n) is 4.29. The molecule has 0 fully saturated rings. The maximum absolute atomic E-state index is 12.4. The lowest BCUT2D eigenvalue weighted by Gasteiger charge is -2.11. The Morgan fingerprint density at radius 3 is 2.77 bits per heavy atom. The van der Waals surface area contributed by atoms with Crippen LogP contribution in [0.4, 0.5) is 16.2 Å². The summed E-state index contributed by atoms with van der Waals surface area (Å²) in [5.41, 5.74) is 2.09. The zero-order chi connectivity index (χ0) is 21.8. The Balaban J connectivity index is 1.32. The molecule has 10 nitrogen and oxygen atoms in total. The Kier molecular flexibility index (Phi) is 5.85. The predicted molar refractivity (Wildman–Crippen MR) is 114 cm³/mol. The molecule has 4 rings (SSSR count). The minimum Gasteiger partial charge on any atom is -0.495 e. The fourth-order valence-electron chi connectivity index (χ4n) is 2.82. The summed E-state index contributed by atoms with van der Waals surface area (Å²) in [5.74, 6) is 1.34. The van der Waals surface area contributed by atoms with E-state index >= 15 is 0 Å². The van der Waals surface area contributed by atoms with Gasteiger partial charge in [-0.05, 0) is 36.8 Å². The number of nitrogens with zero attached hydrogens (tertiary/aromatic N) is 2. The number of carbonyl (C=O) groups is 2. The van der Waals surface area contributed by atoms with Gasteiger partial charge in [-0.15, -0.1) is 10.2 Å². The zero-order valence-corrected chi connectivity index (χ0v) is 17.5. The summed E-state index contributed by atoms with van der Waals surface area (Å²) in [7, 11) is 1.53. The molecule has 1 aromatic heterocycles. The summed E-state index contributed by atoms with van der Waals surface area (Å²) >= 11 is 1.09. The first-order chi connectivity index (χ1) is 15.0. The summed E-state index contributed by atoms with van der Waals surface area (Å²) < 4.78 is 15.8. The largest absolute Gasteiger partial charge is 0.495 e. The smallest absolute Gasteiger partial charge is 0.319 e. The molecule has 3 aromatic rings. The molecule has 11 heteroatoms. The molecule has 3 N–H and O–H groups in total. The van der Waals surface area contributed by atoms with Crippen molar-refractivity contribution in [3.63, 3.8) is 0 Å². The number of hydrogen-bond acceptors (Lipinski definition) is 8. The van der Waals surface area contributed by atoms with Gasteiger partial charge in [-0.25, -0.2) is 4.79 Å². The standard InChI is InChI=1S/C20H19N5O5S/c1-11-3-5-14(28-2)13(7-11)23-20(27)21-9-17-24-25-19(31-17)18(26)22-12-4-6-15-16(8-12)30-10-29-15/h3-8H,9-10H2,1-2H3,(H,22,26)(H2,21,23,27). The number of methoxy groups -OCH3 is 1. The third kappa shape index (κ3) is 4.83. The number of hydrogen-bond donors (Lipinski definition) is 3. The van der Waals surface area contributed by atoms with Crippen LogP contribution in [0, 0.1) is 6.92 Å². The lowest BCUT2D eigenvalue weighted by molar-refractivity contribution is 0.102. The Hall–Kier alpha value is -3.86. The van der Waals surface area contributed by atoms with Crippen LogP contribution >= 0.6 is 11.3 Å². The van der Waals surface area contributed by atoms with Crippen LogP contribution in [0.5, 0.6) is 17.2 Å². The highest BCUT2D eigenvalue weighted by molar-refractivity contribution is 7.13. The number of ether oxygens (including phenoxy) is 3. The summed E-state index contributed by atoms with van der Waals surface area (Å²) in [6.45, 7) is 2.19. The van der Waals surface area contributed by atoms with E-state index in [-0.39, 0.29) is 18.3 Å². The number of amides is 3. The highest BCUT2D eigenvalue weighted by Gasteiger charge is 2.17. The second kappa shape index (κ2) is 8.88. The molecule has 0 bridgehead atoms. The first-order valence-electron chi connectivity index (χ1n) is 9.24. The van der Waals surface area contributed by atoms with Gasteiger partial charge in [0.05, 0.1) is 19.3 Å². The topological polar surface area (TPSA) is 124 Å². The van der Waals surface area contributed by atoms with Crippen LogP contribution in [0.25, 0.3) is 0 Å². The number of benzene rings is 2. The van der Waals surface area contributed by atoms with Crippen LogP contribution in [-0.4, -0.2) is 36.0 Å². The van der Waals surface area contributed by atoms with Crippen LogP contribution in [0.2, 0.25) is 0 Å². The molecular weight excluding hydrogens is 422 g/mol. The van der Waals surface area contributed by atoms with Crippen molar-refractivity contribution in [2.45, 2.75) is 13.5 Å². The molecule has 0 spiro atoms. The molecule has 2 heterocycles. The van der Waals surface area contributed by atoms with Crippen molar-refractivity contribution in [3.05, 3.63) is 52.0 Å². The number of rotatable bonds is 6. The van der Waals surface area contributed by atoms with Crippen LogP contribution in [0.3, 0.4) is 0 Å². The Morgan fingerprint density at radius 2 is 1.94 bits per heavy atom. The molecule has 1 aliphatic rings. The molecule has 0 unspecified atom stereocenters. The van der Waals surface area contributed by atoms with Gasteiger partial charge in [0.1, 0.15) is 10.8 Å². The zero-order valence-electron chi connectivity index (χ0n) is 16.7. The second-order valence-corrected chi connectivity index (χ2v) is 7.60.